The summed E-state index contributed by atoms with van der Waals surface area (Å²) in [7, 11) is 0. The Hall–Kier alpha value is -3.47. The Bertz CT molecular complexity index is 1370. The average Bonchev–Trinajstić information content (AvgIpc) is 3.58. The molecular formula is C24H18ClF5N4O2. The molecule has 1 fully saturated rings. The summed E-state index contributed by atoms with van der Waals surface area (Å²) < 4.78 is 78.1. The van der Waals surface area contributed by atoms with E-state index in [9.17, 15) is 26.7 Å². The molecule has 1 amide bonds. The molecule has 0 N–H and O–H groups in total. The highest BCUT2D eigenvalue weighted by molar-refractivity contribution is 6.33. The fourth-order valence-corrected chi connectivity index (χ4v) is 4.75. The van der Waals surface area contributed by atoms with Crippen molar-refractivity contribution in [1.29, 1.82) is 0 Å². The molecule has 1 atom stereocenters. The summed E-state index contributed by atoms with van der Waals surface area (Å²) in [5.41, 5.74) is -2.89. The number of nitrogens with zero attached hydrogens (tertiary/aromatic N) is 4. The molecule has 188 valence electrons. The number of hydrogen-bond acceptors (Lipinski definition) is 4. The number of alkyl halides is 3. The van der Waals surface area contributed by atoms with Crippen molar-refractivity contribution >= 4 is 17.5 Å². The molecule has 5 rings (SSSR count). The zero-order valence-corrected chi connectivity index (χ0v) is 19.3. The summed E-state index contributed by atoms with van der Waals surface area (Å²) in [6, 6.07) is 2.46. The van der Waals surface area contributed by atoms with Crippen LogP contribution in [-0.2, 0) is 6.18 Å². The minimum atomic E-state index is -5.00. The maximum atomic E-state index is 14.8. The third-order valence-electron chi connectivity index (χ3n) is 6.17. The number of aromatic nitrogens is 3. The first-order valence-electron chi connectivity index (χ1n) is 11.1. The van der Waals surface area contributed by atoms with Gasteiger partial charge in [0, 0.05) is 13.1 Å². The van der Waals surface area contributed by atoms with E-state index in [0.717, 1.165) is 18.3 Å². The second-order valence-corrected chi connectivity index (χ2v) is 8.82. The van der Waals surface area contributed by atoms with E-state index in [1.165, 1.54) is 29.2 Å². The van der Waals surface area contributed by atoms with Gasteiger partial charge >= 0.3 is 6.18 Å². The van der Waals surface area contributed by atoms with E-state index >= 15 is 0 Å². The fraction of sp³-hybridized carbons (Fsp3) is 0.292. The van der Waals surface area contributed by atoms with Crippen LogP contribution in [0.5, 0.6) is 0 Å². The van der Waals surface area contributed by atoms with Crippen LogP contribution in [-0.4, -0.2) is 38.8 Å². The molecular weight excluding hydrogens is 507 g/mol. The van der Waals surface area contributed by atoms with Crippen molar-refractivity contribution in [2.45, 2.75) is 31.5 Å². The molecule has 0 saturated carbocycles. The van der Waals surface area contributed by atoms with Crippen LogP contribution in [0, 0.1) is 5.82 Å². The molecule has 2 aliphatic rings. The monoisotopic (exact) mass is 524 g/mol. The lowest BCUT2D eigenvalue weighted by Crippen LogP contribution is -2.28. The summed E-state index contributed by atoms with van der Waals surface area (Å²) in [6.45, 7) is 0.730. The van der Waals surface area contributed by atoms with Crippen molar-refractivity contribution in [3.63, 3.8) is 0 Å². The largest absolute Gasteiger partial charge is 0.433 e. The van der Waals surface area contributed by atoms with Gasteiger partial charge in [-0.1, -0.05) is 35.0 Å². The van der Waals surface area contributed by atoms with Crippen LogP contribution in [0.4, 0.5) is 22.0 Å². The lowest BCUT2D eigenvalue weighted by molar-refractivity contribution is -0.144. The van der Waals surface area contributed by atoms with Crippen LogP contribution in [0.1, 0.15) is 41.4 Å². The van der Waals surface area contributed by atoms with Crippen molar-refractivity contribution in [2.24, 2.45) is 0 Å². The number of likely N-dealkylation sites (tertiary alicyclic amines) is 1. The van der Waals surface area contributed by atoms with Crippen LogP contribution in [0.3, 0.4) is 0 Å². The highest BCUT2D eigenvalue weighted by Gasteiger charge is 2.44. The van der Waals surface area contributed by atoms with Crippen LogP contribution < -0.4 is 0 Å². The van der Waals surface area contributed by atoms with E-state index in [0.29, 0.717) is 30.6 Å². The van der Waals surface area contributed by atoms with E-state index in [2.05, 4.69) is 10.3 Å². The maximum absolute atomic E-state index is 14.8. The molecule has 0 bridgehead atoms. The standard InChI is InChI=1S/C24H18ClF5N4O2/c25-14-6-5-8-16(27)18(14)20-19(23(35)33-10-3-4-11-33)21(36-32-20)13-12-31-34(22(13)24(28,29)30)17-9-2-1-7-15(17)26/h1-2,5-8,12,17H,3-4,9-11H2. The van der Waals surface area contributed by atoms with E-state index in [4.69, 9.17) is 16.1 Å². The number of carbonyl (C=O) groups excluding carboxylic acids is 1. The number of hydrogen-bond donors (Lipinski definition) is 0. The first-order valence-corrected chi connectivity index (χ1v) is 11.5. The van der Waals surface area contributed by atoms with Crippen LogP contribution >= 0.6 is 11.6 Å². The Kier molecular flexibility index (Phi) is 6.19. The first-order chi connectivity index (χ1) is 17.2. The number of carbonyl (C=O) groups is 1. The third-order valence-corrected chi connectivity index (χ3v) is 6.49. The number of rotatable bonds is 4. The van der Waals surface area contributed by atoms with Crippen molar-refractivity contribution in [2.75, 3.05) is 13.1 Å². The van der Waals surface area contributed by atoms with Crippen molar-refractivity contribution in [3.8, 4) is 22.6 Å². The highest BCUT2D eigenvalue weighted by Crippen LogP contribution is 2.44. The summed E-state index contributed by atoms with van der Waals surface area (Å²) in [6.07, 6.45) is 1.18. The zero-order valence-electron chi connectivity index (χ0n) is 18.5. The summed E-state index contributed by atoms with van der Waals surface area (Å²) >= 11 is 6.18. The van der Waals surface area contributed by atoms with Gasteiger partial charge in [-0.05, 0) is 37.5 Å². The summed E-state index contributed by atoms with van der Waals surface area (Å²) in [5, 5.41) is 7.51. The normalized spacial score (nSPS) is 18.1. The maximum Gasteiger partial charge on any atom is 0.433 e. The summed E-state index contributed by atoms with van der Waals surface area (Å²) in [4.78, 5) is 14.9. The Morgan fingerprint density at radius 1 is 1.17 bits per heavy atom. The number of allylic oxidation sites excluding steroid dienone is 4. The number of benzene rings is 1. The van der Waals surface area contributed by atoms with E-state index in [1.807, 2.05) is 0 Å². The SMILES string of the molecule is O=C(c1c(-c2c(F)cccc2Cl)noc1-c1cnn(C2CC=CC=C2F)c1C(F)(F)F)N1CCCC1. The second-order valence-electron chi connectivity index (χ2n) is 8.41. The quantitative estimate of drug-likeness (QED) is 0.360. The van der Waals surface area contributed by atoms with Gasteiger partial charge in [-0.25, -0.2) is 13.5 Å². The molecule has 36 heavy (non-hydrogen) atoms. The number of halogens is 6. The molecule has 2 aromatic heterocycles. The highest BCUT2D eigenvalue weighted by atomic mass is 35.5. The van der Waals surface area contributed by atoms with Gasteiger partial charge in [-0.3, -0.25) is 4.79 Å². The Morgan fingerprint density at radius 3 is 2.58 bits per heavy atom. The van der Waals surface area contributed by atoms with Gasteiger partial charge in [0.05, 0.1) is 22.3 Å². The molecule has 1 aliphatic heterocycles. The Balaban J connectivity index is 1.74. The first kappa shape index (κ1) is 24.2. The molecule has 12 heteroatoms. The lowest BCUT2D eigenvalue weighted by Gasteiger charge is -2.21. The van der Waals surface area contributed by atoms with Gasteiger partial charge in [0.2, 0.25) is 0 Å². The number of amides is 1. The van der Waals surface area contributed by atoms with Crippen LogP contribution in [0.2, 0.25) is 5.02 Å². The fourth-order valence-electron chi connectivity index (χ4n) is 4.50. The second kappa shape index (κ2) is 9.20. The van der Waals surface area contributed by atoms with Gasteiger partial charge in [0.25, 0.3) is 5.91 Å². The van der Waals surface area contributed by atoms with Crippen LogP contribution in [0.25, 0.3) is 22.6 Å². The van der Waals surface area contributed by atoms with Gasteiger partial charge < -0.3 is 9.42 Å². The molecule has 0 radical (unpaired) electrons. The van der Waals surface area contributed by atoms with Gasteiger partial charge in [0.15, 0.2) is 11.5 Å². The molecule has 3 aromatic rings. The minimum absolute atomic E-state index is 0.0570. The van der Waals surface area contributed by atoms with E-state index in [-0.39, 0.29) is 28.3 Å². The molecule has 6 nitrogen and oxygen atoms in total. The third kappa shape index (κ3) is 4.11. The minimum Gasteiger partial charge on any atom is -0.355 e. The molecule has 3 heterocycles. The smallest absolute Gasteiger partial charge is 0.355 e. The van der Waals surface area contributed by atoms with Gasteiger partial charge in [-0.15, -0.1) is 0 Å². The molecule has 1 aromatic carbocycles. The topological polar surface area (TPSA) is 64.2 Å². The Labute approximate surface area is 206 Å². The van der Waals surface area contributed by atoms with Gasteiger partial charge in [0.1, 0.15) is 28.9 Å². The predicted molar refractivity (Wildman–Crippen MR) is 120 cm³/mol. The van der Waals surface area contributed by atoms with Crippen molar-refractivity contribution < 1.29 is 31.3 Å². The lowest BCUT2D eigenvalue weighted by atomic mass is 10.0. The van der Waals surface area contributed by atoms with E-state index in [1.54, 1.807) is 0 Å². The molecule has 0 spiro atoms. The van der Waals surface area contributed by atoms with E-state index < -0.39 is 46.8 Å². The zero-order chi connectivity index (χ0) is 25.6. The van der Waals surface area contributed by atoms with Crippen molar-refractivity contribution in [1.82, 2.24) is 19.8 Å². The molecule has 1 saturated heterocycles. The Morgan fingerprint density at radius 2 is 1.92 bits per heavy atom. The average molecular weight is 525 g/mol. The predicted octanol–water partition coefficient (Wildman–Crippen LogP) is 6.61. The van der Waals surface area contributed by atoms with Gasteiger partial charge in [-0.2, -0.15) is 18.3 Å². The summed E-state index contributed by atoms with van der Waals surface area (Å²) in [5.74, 6) is -2.85. The van der Waals surface area contributed by atoms with Crippen LogP contribution in [0.15, 0.2) is 53.0 Å². The molecule has 1 aliphatic carbocycles. The van der Waals surface area contributed by atoms with Crippen molar-refractivity contribution in [3.05, 3.63) is 70.5 Å². The molecule has 1 unspecified atom stereocenters.